The maximum Gasteiger partial charge on any atom is 0.262 e. The van der Waals surface area contributed by atoms with Crippen molar-refractivity contribution in [2.45, 2.75) is 44.7 Å². The van der Waals surface area contributed by atoms with Gasteiger partial charge in [0.25, 0.3) is 5.56 Å². The molecule has 0 saturated heterocycles. The fourth-order valence-corrected chi connectivity index (χ4v) is 5.84. The second kappa shape index (κ2) is 7.72. The molecule has 1 aromatic carbocycles. The summed E-state index contributed by atoms with van der Waals surface area (Å²) >= 11 is 2.94. The summed E-state index contributed by atoms with van der Waals surface area (Å²) in [6, 6.07) is 5.97. The Morgan fingerprint density at radius 1 is 1.21 bits per heavy atom. The first kappa shape index (κ1) is 19.2. The lowest BCUT2D eigenvalue weighted by atomic mass is 9.97. The highest BCUT2D eigenvalue weighted by atomic mass is 32.2. The molecule has 1 aliphatic rings. The summed E-state index contributed by atoms with van der Waals surface area (Å²) in [7, 11) is 1.74. The van der Waals surface area contributed by atoms with Crippen LogP contribution in [-0.4, -0.2) is 21.2 Å². The van der Waals surface area contributed by atoms with Crippen molar-refractivity contribution in [2.75, 3.05) is 11.1 Å². The van der Waals surface area contributed by atoms with Gasteiger partial charge in [0.05, 0.1) is 11.1 Å². The van der Waals surface area contributed by atoms with E-state index in [1.165, 1.54) is 28.6 Å². The largest absolute Gasteiger partial charge is 0.325 e. The van der Waals surface area contributed by atoms with Crippen molar-refractivity contribution in [1.82, 2.24) is 9.55 Å². The number of hydrogen-bond acceptors (Lipinski definition) is 5. The van der Waals surface area contributed by atoms with Gasteiger partial charge in [0.1, 0.15) is 4.83 Å². The molecule has 0 unspecified atom stereocenters. The molecule has 7 heteroatoms. The number of fused-ring (bicyclic) bond motifs is 3. The molecule has 0 bridgehead atoms. The lowest BCUT2D eigenvalue weighted by Gasteiger charge is -2.11. The van der Waals surface area contributed by atoms with Gasteiger partial charge >= 0.3 is 0 Å². The summed E-state index contributed by atoms with van der Waals surface area (Å²) in [5, 5.41) is 4.31. The number of aryl methyl sites for hydroxylation is 4. The zero-order valence-corrected chi connectivity index (χ0v) is 17.9. The summed E-state index contributed by atoms with van der Waals surface area (Å²) in [6.45, 7) is 4.01. The van der Waals surface area contributed by atoms with Gasteiger partial charge in [-0.3, -0.25) is 14.2 Å². The SMILES string of the molecule is Cc1cc(C)cc(NC(=O)CSc2nc3sc4c(c3c(=O)n2C)CCCC4)c1. The Hall–Kier alpha value is -2.12. The predicted molar refractivity (Wildman–Crippen MR) is 117 cm³/mol. The molecule has 0 aliphatic heterocycles. The highest BCUT2D eigenvalue weighted by molar-refractivity contribution is 7.99. The zero-order chi connectivity index (χ0) is 19.8. The fourth-order valence-electron chi connectivity index (χ4n) is 3.77. The van der Waals surface area contributed by atoms with Gasteiger partial charge < -0.3 is 5.32 Å². The third-order valence-electron chi connectivity index (χ3n) is 4.99. The maximum atomic E-state index is 12.9. The van der Waals surface area contributed by atoms with E-state index >= 15 is 0 Å². The minimum absolute atomic E-state index is 0.00150. The van der Waals surface area contributed by atoms with Crippen LogP contribution >= 0.6 is 23.1 Å². The number of rotatable bonds is 4. The number of carbonyl (C=O) groups excluding carboxylic acids is 1. The van der Waals surface area contributed by atoms with Crippen LogP contribution in [0.2, 0.25) is 0 Å². The number of anilines is 1. The molecule has 0 saturated carbocycles. The van der Waals surface area contributed by atoms with Crippen molar-refractivity contribution in [3.05, 3.63) is 50.1 Å². The van der Waals surface area contributed by atoms with Crippen molar-refractivity contribution in [1.29, 1.82) is 0 Å². The number of nitrogens with one attached hydrogen (secondary N) is 1. The lowest BCUT2D eigenvalue weighted by Crippen LogP contribution is -2.22. The van der Waals surface area contributed by atoms with Gasteiger partial charge in [-0.15, -0.1) is 11.3 Å². The monoisotopic (exact) mass is 413 g/mol. The molecule has 0 atom stereocenters. The Kier molecular flexibility index (Phi) is 5.29. The molecule has 0 fully saturated rings. The second-order valence-electron chi connectivity index (χ2n) is 7.36. The second-order valence-corrected chi connectivity index (χ2v) is 9.39. The minimum Gasteiger partial charge on any atom is -0.325 e. The predicted octanol–water partition coefficient (Wildman–Crippen LogP) is 4.22. The molecule has 1 amide bonds. The van der Waals surface area contributed by atoms with Gasteiger partial charge in [0.15, 0.2) is 5.16 Å². The molecule has 28 heavy (non-hydrogen) atoms. The summed E-state index contributed by atoms with van der Waals surface area (Å²) in [4.78, 5) is 32.1. The van der Waals surface area contributed by atoms with Crippen LogP contribution in [0.25, 0.3) is 10.2 Å². The van der Waals surface area contributed by atoms with Gasteiger partial charge in [0, 0.05) is 17.6 Å². The van der Waals surface area contributed by atoms with Crippen molar-refractivity contribution in [3.8, 4) is 0 Å². The highest BCUT2D eigenvalue weighted by Gasteiger charge is 2.21. The van der Waals surface area contributed by atoms with Crippen LogP contribution in [0.15, 0.2) is 28.2 Å². The Bertz CT molecular complexity index is 1110. The number of amides is 1. The fraction of sp³-hybridized carbons (Fsp3) is 0.381. The molecule has 1 aliphatic carbocycles. The Labute approximate surface area is 172 Å². The van der Waals surface area contributed by atoms with E-state index in [1.807, 2.05) is 26.0 Å². The molecule has 3 aromatic rings. The number of hydrogen-bond donors (Lipinski definition) is 1. The van der Waals surface area contributed by atoms with E-state index in [2.05, 4.69) is 11.4 Å². The number of benzene rings is 1. The van der Waals surface area contributed by atoms with E-state index < -0.39 is 0 Å². The van der Waals surface area contributed by atoms with Crippen LogP contribution in [-0.2, 0) is 24.7 Å². The normalized spacial score (nSPS) is 13.5. The quantitative estimate of drug-likeness (QED) is 0.514. The van der Waals surface area contributed by atoms with Crippen molar-refractivity contribution in [3.63, 3.8) is 0 Å². The molecule has 2 aromatic heterocycles. The van der Waals surface area contributed by atoms with E-state index in [0.29, 0.717) is 5.16 Å². The standard InChI is InChI=1S/C21H23N3O2S2/c1-12-8-13(2)10-14(9-12)22-17(25)11-27-21-23-19-18(20(26)24(21)3)15-6-4-5-7-16(15)28-19/h8-10H,4-7,11H2,1-3H3,(H,22,25). The van der Waals surface area contributed by atoms with E-state index in [9.17, 15) is 9.59 Å². The van der Waals surface area contributed by atoms with E-state index in [-0.39, 0.29) is 17.2 Å². The van der Waals surface area contributed by atoms with Crippen LogP contribution in [0.5, 0.6) is 0 Å². The van der Waals surface area contributed by atoms with Gasteiger partial charge in [-0.05, 0) is 68.4 Å². The first-order valence-corrected chi connectivity index (χ1v) is 11.2. The third kappa shape index (κ3) is 3.73. The first-order chi connectivity index (χ1) is 13.4. The third-order valence-corrected chi connectivity index (χ3v) is 7.21. The number of carbonyl (C=O) groups is 1. The maximum absolute atomic E-state index is 12.9. The molecule has 146 valence electrons. The Morgan fingerprint density at radius 2 is 1.93 bits per heavy atom. The first-order valence-electron chi connectivity index (χ1n) is 9.44. The molecule has 0 radical (unpaired) electrons. The van der Waals surface area contributed by atoms with Crippen molar-refractivity contribution < 1.29 is 4.79 Å². The molecule has 4 rings (SSSR count). The van der Waals surface area contributed by atoms with Crippen molar-refractivity contribution in [2.24, 2.45) is 7.05 Å². The van der Waals surface area contributed by atoms with E-state index in [4.69, 9.17) is 4.98 Å². The number of nitrogens with zero attached hydrogens (tertiary/aromatic N) is 2. The molecular weight excluding hydrogens is 390 g/mol. The average Bonchev–Trinajstić information content (AvgIpc) is 3.01. The van der Waals surface area contributed by atoms with Gasteiger partial charge in [-0.1, -0.05) is 17.8 Å². The summed E-state index contributed by atoms with van der Waals surface area (Å²) < 4.78 is 1.58. The number of thioether (sulfide) groups is 1. The molecular formula is C21H23N3O2S2. The topological polar surface area (TPSA) is 64.0 Å². The Morgan fingerprint density at radius 3 is 2.68 bits per heavy atom. The van der Waals surface area contributed by atoms with E-state index in [0.717, 1.165) is 46.3 Å². The van der Waals surface area contributed by atoms with E-state index in [1.54, 1.807) is 23.0 Å². The number of aromatic nitrogens is 2. The van der Waals surface area contributed by atoms with Crippen LogP contribution in [0, 0.1) is 13.8 Å². The molecule has 2 heterocycles. The highest BCUT2D eigenvalue weighted by Crippen LogP contribution is 2.34. The van der Waals surface area contributed by atoms with Crippen LogP contribution in [0.1, 0.15) is 34.4 Å². The van der Waals surface area contributed by atoms with Crippen molar-refractivity contribution >= 4 is 44.9 Å². The summed E-state index contributed by atoms with van der Waals surface area (Å²) in [6.07, 6.45) is 4.33. The molecule has 0 spiro atoms. The zero-order valence-electron chi connectivity index (χ0n) is 16.3. The summed E-state index contributed by atoms with van der Waals surface area (Å²) in [5.74, 6) is 0.110. The van der Waals surface area contributed by atoms with Crippen LogP contribution in [0.4, 0.5) is 5.69 Å². The molecule has 1 N–H and O–H groups in total. The lowest BCUT2D eigenvalue weighted by molar-refractivity contribution is -0.113. The Balaban J connectivity index is 1.54. The van der Waals surface area contributed by atoms with Gasteiger partial charge in [-0.2, -0.15) is 0 Å². The van der Waals surface area contributed by atoms with Crippen LogP contribution in [0.3, 0.4) is 0 Å². The van der Waals surface area contributed by atoms with Gasteiger partial charge in [0.2, 0.25) is 5.91 Å². The smallest absolute Gasteiger partial charge is 0.262 e. The average molecular weight is 414 g/mol. The summed E-state index contributed by atoms with van der Waals surface area (Å²) in [5.41, 5.74) is 4.22. The van der Waals surface area contributed by atoms with Gasteiger partial charge in [-0.25, -0.2) is 4.98 Å². The van der Waals surface area contributed by atoms with Crippen LogP contribution < -0.4 is 10.9 Å². The minimum atomic E-state index is -0.102. The number of thiophene rings is 1. The molecule has 5 nitrogen and oxygen atoms in total.